The molecule has 1 aromatic heterocycles. The van der Waals surface area contributed by atoms with E-state index in [1.807, 2.05) is 42.2 Å². The van der Waals surface area contributed by atoms with E-state index >= 15 is 0 Å². The second-order valence-electron chi connectivity index (χ2n) is 7.95. The number of benzene rings is 2. The number of thiazole rings is 1. The summed E-state index contributed by atoms with van der Waals surface area (Å²) < 4.78 is 20.0. The number of nitrogens with zero attached hydrogens (tertiary/aromatic N) is 3. The number of ether oxygens (including phenoxy) is 1. The predicted octanol–water partition coefficient (Wildman–Crippen LogP) is 4.24. The van der Waals surface area contributed by atoms with Gasteiger partial charge in [-0.1, -0.05) is 12.1 Å². The highest BCUT2D eigenvalue weighted by Gasteiger charge is 2.32. The molecule has 2 aromatic carbocycles. The number of hydrogen-bond acceptors (Lipinski definition) is 5. The van der Waals surface area contributed by atoms with Crippen molar-refractivity contribution < 1.29 is 13.9 Å². The molecule has 0 bridgehead atoms. The second kappa shape index (κ2) is 8.70. The minimum Gasteiger partial charge on any atom is -0.484 e. The first-order chi connectivity index (χ1) is 14.4. The van der Waals surface area contributed by atoms with Crippen LogP contribution in [0.1, 0.15) is 24.4 Å². The number of aromatic nitrogens is 1. The topological polar surface area (TPSA) is 45.7 Å². The Morgan fingerprint density at radius 3 is 2.70 bits per heavy atom. The van der Waals surface area contributed by atoms with E-state index in [9.17, 15) is 9.18 Å². The van der Waals surface area contributed by atoms with Crippen molar-refractivity contribution in [2.45, 2.75) is 39.4 Å². The molecule has 1 aliphatic heterocycles. The highest BCUT2D eigenvalue weighted by molar-refractivity contribution is 7.18. The van der Waals surface area contributed by atoms with Crippen molar-refractivity contribution >= 4 is 27.5 Å². The van der Waals surface area contributed by atoms with Gasteiger partial charge in [-0.15, -0.1) is 11.3 Å². The maximum atomic E-state index is 13.1. The predicted molar refractivity (Wildman–Crippen MR) is 117 cm³/mol. The van der Waals surface area contributed by atoms with E-state index in [1.54, 1.807) is 11.3 Å². The van der Waals surface area contributed by atoms with Crippen LogP contribution in [0, 0.1) is 12.7 Å². The van der Waals surface area contributed by atoms with Crippen LogP contribution in [0.2, 0.25) is 0 Å². The molecule has 0 N–H and O–H groups in total. The van der Waals surface area contributed by atoms with Gasteiger partial charge in [-0.05, 0) is 50.6 Å². The number of carbonyl (C=O) groups excluding carboxylic acids is 1. The summed E-state index contributed by atoms with van der Waals surface area (Å²) in [7, 11) is 0. The fourth-order valence-electron chi connectivity index (χ4n) is 3.93. The summed E-state index contributed by atoms with van der Waals surface area (Å²) >= 11 is 1.64. The van der Waals surface area contributed by atoms with Gasteiger partial charge in [0.1, 0.15) is 11.6 Å². The summed E-state index contributed by atoms with van der Waals surface area (Å²) in [6, 6.07) is 12.7. The van der Waals surface area contributed by atoms with Crippen molar-refractivity contribution in [2.75, 3.05) is 19.7 Å². The van der Waals surface area contributed by atoms with E-state index < -0.39 is 0 Å². The molecule has 0 radical (unpaired) electrons. The molecular weight excluding hydrogens is 401 g/mol. The Labute approximate surface area is 180 Å². The molecule has 1 saturated heterocycles. The Morgan fingerprint density at radius 1 is 1.17 bits per heavy atom. The summed E-state index contributed by atoms with van der Waals surface area (Å²) in [6.07, 6.45) is 0. The van der Waals surface area contributed by atoms with Crippen molar-refractivity contribution in [3.05, 3.63) is 58.9 Å². The number of piperazine rings is 1. The lowest BCUT2D eigenvalue weighted by Gasteiger charge is -2.44. The standard InChI is InChI=1S/C23H26FN3O2S/c1-15-12-27(16(2)11-26(15)13-18-4-6-19(24)7-5-18)23(28)14-29-20-8-9-22-21(10-20)25-17(3)30-22/h4-10,15-16H,11-14H2,1-3H3/t15-,16+/m1/s1. The molecule has 0 spiro atoms. The molecule has 5 nitrogen and oxygen atoms in total. The first-order valence-corrected chi connectivity index (χ1v) is 11.0. The Morgan fingerprint density at radius 2 is 1.93 bits per heavy atom. The van der Waals surface area contributed by atoms with E-state index in [1.165, 1.54) is 12.1 Å². The van der Waals surface area contributed by atoms with Crippen LogP contribution in [0.4, 0.5) is 4.39 Å². The quantitative estimate of drug-likeness (QED) is 0.611. The highest BCUT2D eigenvalue weighted by Crippen LogP contribution is 2.26. The zero-order valence-electron chi connectivity index (χ0n) is 17.5. The molecule has 2 heterocycles. The van der Waals surface area contributed by atoms with Crippen LogP contribution < -0.4 is 4.74 Å². The number of fused-ring (bicyclic) bond motifs is 1. The van der Waals surface area contributed by atoms with Gasteiger partial charge < -0.3 is 9.64 Å². The van der Waals surface area contributed by atoms with Crippen LogP contribution in [0.25, 0.3) is 10.2 Å². The normalized spacial score (nSPS) is 19.9. The maximum absolute atomic E-state index is 13.1. The van der Waals surface area contributed by atoms with E-state index in [4.69, 9.17) is 4.74 Å². The Hall–Kier alpha value is -2.51. The zero-order chi connectivity index (χ0) is 21.3. The monoisotopic (exact) mass is 427 g/mol. The van der Waals surface area contributed by atoms with Gasteiger partial charge in [0.2, 0.25) is 0 Å². The largest absolute Gasteiger partial charge is 0.484 e. The number of hydrogen-bond donors (Lipinski definition) is 0. The molecule has 0 aliphatic carbocycles. The summed E-state index contributed by atoms with van der Waals surface area (Å²) in [6.45, 7) is 8.35. The average Bonchev–Trinajstić information content (AvgIpc) is 3.09. The molecular formula is C23H26FN3O2S. The first kappa shape index (κ1) is 20.8. The third-order valence-electron chi connectivity index (χ3n) is 5.56. The lowest BCUT2D eigenvalue weighted by Crippen LogP contribution is -2.58. The van der Waals surface area contributed by atoms with E-state index in [0.717, 1.165) is 33.9 Å². The van der Waals surface area contributed by atoms with Crippen LogP contribution in [-0.4, -0.2) is 52.5 Å². The molecule has 158 valence electrons. The molecule has 1 amide bonds. The molecule has 7 heteroatoms. The summed E-state index contributed by atoms with van der Waals surface area (Å²) in [5.41, 5.74) is 1.98. The Balaban J connectivity index is 1.34. The molecule has 0 saturated carbocycles. The van der Waals surface area contributed by atoms with Gasteiger partial charge in [-0.2, -0.15) is 0 Å². The number of aryl methyl sites for hydroxylation is 1. The molecule has 1 aliphatic rings. The van der Waals surface area contributed by atoms with Crippen molar-refractivity contribution in [1.29, 1.82) is 0 Å². The lowest BCUT2D eigenvalue weighted by molar-refractivity contribution is -0.139. The molecule has 1 fully saturated rings. The van der Waals surface area contributed by atoms with Crippen LogP contribution in [0.5, 0.6) is 5.75 Å². The number of rotatable bonds is 5. The average molecular weight is 428 g/mol. The Kier molecular flexibility index (Phi) is 6.01. The van der Waals surface area contributed by atoms with Gasteiger partial charge in [-0.3, -0.25) is 9.69 Å². The maximum Gasteiger partial charge on any atom is 0.260 e. The third kappa shape index (κ3) is 4.63. The summed E-state index contributed by atoms with van der Waals surface area (Å²) in [5.74, 6) is 0.432. The van der Waals surface area contributed by atoms with E-state index in [0.29, 0.717) is 12.3 Å². The third-order valence-corrected chi connectivity index (χ3v) is 6.51. The van der Waals surface area contributed by atoms with Crippen LogP contribution >= 0.6 is 11.3 Å². The Bertz CT molecular complexity index is 1040. The van der Waals surface area contributed by atoms with Gasteiger partial charge in [0.25, 0.3) is 5.91 Å². The van der Waals surface area contributed by atoms with Crippen molar-refractivity contribution in [3.8, 4) is 5.75 Å². The summed E-state index contributed by atoms with van der Waals surface area (Å²) in [5, 5.41) is 1.01. The van der Waals surface area contributed by atoms with Gasteiger partial charge in [0.05, 0.1) is 15.2 Å². The van der Waals surface area contributed by atoms with Crippen molar-refractivity contribution in [1.82, 2.24) is 14.8 Å². The minimum atomic E-state index is -0.223. The number of halogens is 1. The smallest absolute Gasteiger partial charge is 0.260 e. The zero-order valence-corrected chi connectivity index (χ0v) is 18.3. The van der Waals surface area contributed by atoms with Crippen molar-refractivity contribution in [2.24, 2.45) is 0 Å². The molecule has 3 aromatic rings. The van der Waals surface area contributed by atoms with Crippen molar-refractivity contribution in [3.63, 3.8) is 0 Å². The van der Waals surface area contributed by atoms with E-state index in [2.05, 4.69) is 23.7 Å². The fourth-order valence-corrected chi connectivity index (χ4v) is 4.74. The van der Waals surface area contributed by atoms with Crippen LogP contribution in [0.15, 0.2) is 42.5 Å². The van der Waals surface area contributed by atoms with E-state index in [-0.39, 0.29) is 30.4 Å². The number of carbonyl (C=O) groups is 1. The second-order valence-corrected chi connectivity index (χ2v) is 9.19. The van der Waals surface area contributed by atoms with Gasteiger partial charge in [0, 0.05) is 37.8 Å². The minimum absolute atomic E-state index is 0.00895. The van der Waals surface area contributed by atoms with Crippen LogP contribution in [0.3, 0.4) is 0 Å². The van der Waals surface area contributed by atoms with Crippen LogP contribution in [-0.2, 0) is 11.3 Å². The fraction of sp³-hybridized carbons (Fsp3) is 0.391. The molecule has 30 heavy (non-hydrogen) atoms. The van der Waals surface area contributed by atoms with Gasteiger partial charge in [-0.25, -0.2) is 9.37 Å². The van der Waals surface area contributed by atoms with Gasteiger partial charge >= 0.3 is 0 Å². The highest BCUT2D eigenvalue weighted by atomic mass is 32.1. The lowest BCUT2D eigenvalue weighted by atomic mass is 10.1. The summed E-state index contributed by atoms with van der Waals surface area (Å²) in [4.78, 5) is 21.5. The molecule has 4 rings (SSSR count). The number of amides is 1. The van der Waals surface area contributed by atoms with Gasteiger partial charge in [0.15, 0.2) is 6.61 Å². The molecule has 0 unspecified atom stereocenters. The SMILES string of the molecule is Cc1nc2cc(OCC(=O)N3C[C@@H](C)N(Cc4ccc(F)cc4)C[C@@H]3C)ccc2s1. The first-order valence-electron chi connectivity index (χ1n) is 10.2. The molecule has 2 atom stereocenters.